The Morgan fingerprint density at radius 3 is 2.81 bits per heavy atom. The third-order valence-corrected chi connectivity index (χ3v) is 3.77. The molecule has 1 heterocycles. The fraction of sp³-hybridized carbons (Fsp3) is 0.500. The van der Waals surface area contributed by atoms with E-state index in [0.29, 0.717) is 0 Å². The van der Waals surface area contributed by atoms with Crippen molar-refractivity contribution in [2.45, 2.75) is 22.7 Å². The first-order chi connectivity index (χ1) is 7.60. The van der Waals surface area contributed by atoms with Gasteiger partial charge in [0.1, 0.15) is 5.03 Å². The van der Waals surface area contributed by atoms with E-state index in [1.54, 1.807) is 6.20 Å². The fourth-order valence-corrected chi connectivity index (χ4v) is 2.33. The van der Waals surface area contributed by atoms with E-state index in [9.17, 15) is 4.79 Å². The average molecular weight is 259 g/mol. The van der Waals surface area contributed by atoms with Gasteiger partial charge in [-0.2, -0.15) is 0 Å². The number of ether oxygens (including phenoxy) is 1. The number of hydrogen-bond donors (Lipinski definition) is 0. The molecule has 0 aromatic carbocycles. The second-order valence-corrected chi connectivity index (χ2v) is 5.09. The Labute approximate surface area is 103 Å². The number of aromatic nitrogens is 2. The number of carbonyl (C=O) groups excluding carboxylic acids is 1. The van der Waals surface area contributed by atoms with Crippen molar-refractivity contribution in [1.82, 2.24) is 9.97 Å². The first kappa shape index (κ1) is 11.7. The number of rotatable bonds is 3. The molecule has 1 aliphatic rings. The van der Waals surface area contributed by atoms with Crippen LogP contribution in [-0.2, 0) is 9.61 Å². The van der Waals surface area contributed by atoms with E-state index in [-0.39, 0.29) is 10.7 Å². The number of hydrogen-bond acceptors (Lipinski definition) is 5. The summed E-state index contributed by atoms with van der Waals surface area (Å²) in [5.41, 5.74) is 0.911. The normalized spacial score (nSPS) is 16.9. The SMILES string of the molecule is COC(=O)c1ncc(C2(Cl)CC2)c(SC)n1. The highest BCUT2D eigenvalue weighted by atomic mass is 35.5. The molecule has 4 nitrogen and oxygen atoms in total. The summed E-state index contributed by atoms with van der Waals surface area (Å²) in [4.78, 5) is 19.1. The van der Waals surface area contributed by atoms with Crippen molar-refractivity contribution in [2.24, 2.45) is 0 Å². The largest absolute Gasteiger partial charge is 0.463 e. The van der Waals surface area contributed by atoms with Crippen LogP contribution < -0.4 is 0 Å². The number of thioether (sulfide) groups is 1. The summed E-state index contributed by atoms with van der Waals surface area (Å²) < 4.78 is 4.57. The predicted octanol–water partition coefficient (Wildman–Crippen LogP) is 2.21. The molecule has 1 aromatic heterocycles. The lowest BCUT2D eigenvalue weighted by molar-refractivity contribution is 0.0585. The molecule has 0 saturated heterocycles. The number of esters is 1. The first-order valence-electron chi connectivity index (χ1n) is 4.79. The lowest BCUT2D eigenvalue weighted by Crippen LogP contribution is -2.11. The van der Waals surface area contributed by atoms with Crippen molar-refractivity contribution < 1.29 is 9.53 Å². The maximum atomic E-state index is 11.3. The Hall–Kier alpha value is -0.810. The van der Waals surface area contributed by atoms with Crippen molar-refractivity contribution in [3.8, 4) is 0 Å². The molecular weight excluding hydrogens is 248 g/mol. The molecule has 1 aromatic rings. The van der Waals surface area contributed by atoms with Gasteiger partial charge in [0.25, 0.3) is 0 Å². The number of halogens is 1. The lowest BCUT2D eigenvalue weighted by atomic mass is 10.2. The molecule has 0 atom stereocenters. The predicted molar refractivity (Wildman–Crippen MR) is 61.9 cm³/mol. The smallest absolute Gasteiger partial charge is 0.376 e. The second-order valence-electron chi connectivity index (χ2n) is 3.57. The van der Waals surface area contributed by atoms with E-state index in [1.807, 2.05) is 6.26 Å². The van der Waals surface area contributed by atoms with Gasteiger partial charge in [-0.15, -0.1) is 23.4 Å². The summed E-state index contributed by atoms with van der Waals surface area (Å²) in [6.07, 6.45) is 5.40. The van der Waals surface area contributed by atoms with Crippen molar-refractivity contribution in [1.29, 1.82) is 0 Å². The summed E-state index contributed by atoms with van der Waals surface area (Å²) >= 11 is 7.77. The zero-order chi connectivity index (χ0) is 11.8. The number of alkyl halides is 1. The molecule has 0 amide bonds. The molecule has 6 heteroatoms. The number of methoxy groups -OCH3 is 1. The van der Waals surface area contributed by atoms with Crippen LogP contribution in [0.4, 0.5) is 0 Å². The van der Waals surface area contributed by atoms with Crippen LogP contribution in [0.25, 0.3) is 0 Å². The molecule has 1 saturated carbocycles. The first-order valence-corrected chi connectivity index (χ1v) is 6.40. The highest BCUT2D eigenvalue weighted by Crippen LogP contribution is 2.53. The average Bonchev–Trinajstić information content (AvgIpc) is 3.06. The molecule has 1 aliphatic carbocycles. The summed E-state index contributed by atoms with van der Waals surface area (Å²) in [5.74, 6) is -0.446. The van der Waals surface area contributed by atoms with Crippen LogP contribution in [0.2, 0.25) is 0 Å². The Bertz CT molecular complexity index is 435. The van der Waals surface area contributed by atoms with Gasteiger partial charge < -0.3 is 4.74 Å². The monoisotopic (exact) mass is 258 g/mol. The van der Waals surface area contributed by atoms with Crippen LogP contribution >= 0.6 is 23.4 Å². The minimum atomic E-state index is -0.527. The summed E-state index contributed by atoms with van der Waals surface area (Å²) in [5, 5.41) is 0.753. The van der Waals surface area contributed by atoms with Gasteiger partial charge in [-0.25, -0.2) is 14.8 Å². The molecule has 0 N–H and O–H groups in total. The molecule has 0 spiro atoms. The van der Waals surface area contributed by atoms with Gasteiger partial charge in [-0.05, 0) is 19.1 Å². The number of carbonyl (C=O) groups is 1. The topological polar surface area (TPSA) is 52.1 Å². The molecule has 0 bridgehead atoms. The van der Waals surface area contributed by atoms with Gasteiger partial charge in [-0.3, -0.25) is 0 Å². The maximum absolute atomic E-state index is 11.3. The van der Waals surface area contributed by atoms with E-state index in [4.69, 9.17) is 11.6 Å². The summed E-state index contributed by atoms with van der Waals surface area (Å²) in [6, 6.07) is 0. The molecule has 0 aliphatic heterocycles. The van der Waals surface area contributed by atoms with Gasteiger partial charge in [0.15, 0.2) is 0 Å². The maximum Gasteiger partial charge on any atom is 0.376 e. The van der Waals surface area contributed by atoms with Crippen LogP contribution in [0.3, 0.4) is 0 Å². The van der Waals surface area contributed by atoms with Crippen LogP contribution in [0, 0.1) is 0 Å². The highest BCUT2D eigenvalue weighted by molar-refractivity contribution is 7.98. The van der Waals surface area contributed by atoms with E-state index < -0.39 is 5.97 Å². The minimum Gasteiger partial charge on any atom is -0.463 e. The van der Waals surface area contributed by atoms with E-state index >= 15 is 0 Å². The number of nitrogens with zero attached hydrogens (tertiary/aromatic N) is 2. The summed E-state index contributed by atoms with van der Waals surface area (Å²) in [7, 11) is 1.31. The van der Waals surface area contributed by atoms with E-state index in [0.717, 1.165) is 23.4 Å². The van der Waals surface area contributed by atoms with Crippen LogP contribution in [0.15, 0.2) is 11.2 Å². The molecule has 86 valence electrons. The third-order valence-electron chi connectivity index (χ3n) is 2.49. The minimum absolute atomic E-state index is 0.0801. The zero-order valence-corrected chi connectivity index (χ0v) is 10.6. The second kappa shape index (κ2) is 4.22. The fourth-order valence-electron chi connectivity index (χ4n) is 1.40. The van der Waals surface area contributed by atoms with Gasteiger partial charge in [0.05, 0.1) is 12.0 Å². The molecule has 16 heavy (non-hydrogen) atoms. The Kier molecular flexibility index (Phi) is 3.08. The van der Waals surface area contributed by atoms with Crippen molar-refractivity contribution in [3.63, 3.8) is 0 Å². The quantitative estimate of drug-likeness (QED) is 0.360. The Morgan fingerprint density at radius 1 is 1.62 bits per heavy atom. The molecular formula is C10H11ClN2O2S. The van der Waals surface area contributed by atoms with Crippen LogP contribution in [-0.4, -0.2) is 29.3 Å². The van der Waals surface area contributed by atoms with Crippen molar-refractivity contribution in [2.75, 3.05) is 13.4 Å². The highest BCUT2D eigenvalue weighted by Gasteiger charge is 2.44. The lowest BCUT2D eigenvalue weighted by Gasteiger charge is -2.10. The van der Waals surface area contributed by atoms with E-state index in [1.165, 1.54) is 18.9 Å². The van der Waals surface area contributed by atoms with Crippen molar-refractivity contribution in [3.05, 3.63) is 17.6 Å². The van der Waals surface area contributed by atoms with Gasteiger partial charge in [-0.1, -0.05) is 0 Å². The van der Waals surface area contributed by atoms with Crippen LogP contribution in [0.5, 0.6) is 0 Å². The molecule has 1 fully saturated rings. The van der Waals surface area contributed by atoms with E-state index in [2.05, 4.69) is 14.7 Å². The zero-order valence-electron chi connectivity index (χ0n) is 8.99. The van der Waals surface area contributed by atoms with Gasteiger partial charge >= 0.3 is 5.97 Å². The molecule has 0 unspecified atom stereocenters. The summed E-state index contributed by atoms with van der Waals surface area (Å²) in [6.45, 7) is 0. The Morgan fingerprint density at radius 2 is 2.31 bits per heavy atom. The van der Waals surface area contributed by atoms with Crippen LogP contribution in [0.1, 0.15) is 29.0 Å². The standard InChI is InChI=1S/C10H11ClN2O2S/c1-15-9(14)7-12-5-6(8(13-7)16-2)10(11)3-4-10/h5H,3-4H2,1-2H3. The van der Waals surface area contributed by atoms with Gasteiger partial charge in [0.2, 0.25) is 5.82 Å². The van der Waals surface area contributed by atoms with Gasteiger partial charge in [0, 0.05) is 11.8 Å². The van der Waals surface area contributed by atoms with Crippen molar-refractivity contribution >= 4 is 29.3 Å². The molecule has 2 rings (SSSR count). The molecule has 0 radical (unpaired) electrons. The Balaban J connectivity index is 2.39. The third kappa shape index (κ3) is 2.01.